The second-order valence-corrected chi connectivity index (χ2v) is 10.7. The molecule has 0 aromatic rings. The molecule has 0 rings (SSSR count). The number of hydrogen-bond acceptors (Lipinski definition) is 8. The molecule has 2 unspecified atom stereocenters. The fourth-order valence-corrected chi connectivity index (χ4v) is 4.44. The molecule has 9 nitrogen and oxygen atoms in total. The van der Waals surface area contributed by atoms with Gasteiger partial charge in [-0.25, -0.2) is 4.79 Å². The van der Waals surface area contributed by atoms with Crippen molar-refractivity contribution in [2.24, 2.45) is 5.92 Å². The van der Waals surface area contributed by atoms with Crippen LogP contribution in [0.4, 0.5) is 0 Å². The molecule has 0 aromatic heterocycles. The maximum atomic E-state index is 13.0. The zero-order valence-electron chi connectivity index (χ0n) is 25.4. The third-order valence-corrected chi connectivity index (χ3v) is 6.96. The zero-order chi connectivity index (χ0) is 30.1. The van der Waals surface area contributed by atoms with Gasteiger partial charge in [0.1, 0.15) is 0 Å². The van der Waals surface area contributed by atoms with Crippen molar-refractivity contribution in [3.8, 4) is 0 Å². The van der Waals surface area contributed by atoms with Crippen molar-refractivity contribution in [2.45, 2.75) is 148 Å². The Labute approximate surface area is 241 Å². The summed E-state index contributed by atoms with van der Waals surface area (Å²) < 4.78 is 15.5. The maximum Gasteiger partial charge on any atom is 0.340 e. The Hall–Kier alpha value is -2.16. The van der Waals surface area contributed by atoms with Gasteiger partial charge in [0.25, 0.3) is 0 Å². The first-order chi connectivity index (χ1) is 19.2. The number of carboxylic acids is 1. The van der Waals surface area contributed by atoms with Gasteiger partial charge in [-0.1, -0.05) is 117 Å². The molecule has 0 amide bonds. The molecule has 9 heteroatoms. The van der Waals surface area contributed by atoms with Gasteiger partial charge >= 0.3 is 23.9 Å². The van der Waals surface area contributed by atoms with Gasteiger partial charge in [0, 0.05) is 0 Å². The fourth-order valence-electron chi connectivity index (χ4n) is 4.44. The lowest BCUT2D eigenvalue weighted by molar-refractivity contribution is -0.192. The van der Waals surface area contributed by atoms with Crippen molar-refractivity contribution in [2.75, 3.05) is 19.8 Å². The van der Waals surface area contributed by atoms with Crippen molar-refractivity contribution in [3.63, 3.8) is 0 Å². The highest BCUT2D eigenvalue weighted by Crippen LogP contribution is 2.27. The van der Waals surface area contributed by atoms with E-state index in [1.165, 1.54) is 0 Å². The van der Waals surface area contributed by atoms with Crippen LogP contribution in [0.25, 0.3) is 0 Å². The van der Waals surface area contributed by atoms with Crippen LogP contribution in [0.1, 0.15) is 143 Å². The molecule has 0 saturated heterocycles. The number of carbonyl (C=O) groups is 4. The summed E-state index contributed by atoms with van der Waals surface area (Å²) in [6.45, 7) is 6.32. The molecule has 0 spiro atoms. The Kier molecular flexibility index (Phi) is 23.3. The van der Waals surface area contributed by atoms with E-state index in [-0.39, 0.29) is 19.8 Å². The topological polar surface area (TPSA) is 136 Å². The Morgan fingerprint density at radius 1 is 0.575 bits per heavy atom. The number of carboxylic acid groups (broad SMARTS) is 1. The van der Waals surface area contributed by atoms with Crippen LogP contribution in [-0.4, -0.2) is 59.5 Å². The smallest absolute Gasteiger partial charge is 0.340 e. The van der Waals surface area contributed by atoms with Crippen LogP contribution in [-0.2, 0) is 33.4 Å². The van der Waals surface area contributed by atoms with E-state index in [0.29, 0.717) is 19.3 Å². The van der Waals surface area contributed by atoms with Crippen LogP contribution in [0.3, 0.4) is 0 Å². The standard InChI is InChI=1S/C31H56O9/c1-4-7-10-13-16-19-22-38-26(32)25-31(37,30(36)40-24-21-18-15-12-9-6-3)27(28(33)34)29(35)39-23-20-17-14-11-8-5-2/h27,37H,4-25H2,1-3H3,(H,33,34). The summed E-state index contributed by atoms with van der Waals surface area (Å²) in [7, 11) is 0. The summed E-state index contributed by atoms with van der Waals surface area (Å²) in [4.78, 5) is 50.5. The molecular weight excluding hydrogens is 516 g/mol. The van der Waals surface area contributed by atoms with Crippen molar-refractivity contribution in [1.29, 1.82) is 0 Å². The molecule has 0 aliphatic carbocycles. The first kappa shape index (κ1) is 37.8. The average Bonchev–Trinajstić information content (AvgIpc) is 2.91. The molecule has 2 N–H and O–H groups in total. The molecule has 2 atom stereocenters. The molecule has 0 aliphatic rings. The SMILES string of the molecule is CCCCCCCCOC(=O)CC(O)(C(=O)OCCCCCCCC)C(C(=O)O)C(=O)OCCCCCCCC. The van der Waals surface area contributed by atoms with Crippen LogP contribution in [0.15, 0.2) is 0 Å². The number of esters is 3. The predicted octanol–water partition coefficient (Wildman–Crippen LogP) is 6.52. The monoisotopic (exact) mass is 572 g/mol. The number of unbranched alkanes of at least 4 members (excludes halogenated alkanes) is 15. The largest absolute Gasteiger partial charge is 0.481 e. The second-order valence-electron chi connectivity index (χ2n) is 10.7. The second kappa shape index (κ2) is 24.6. The van der Waals surface area contributed by atoms with Crippen LogP contribution >= 0.6 is 0 Å². The molecule has 0 aliphatic heterocycles. The number of rotatable bonds is 27. The first-order valence-corrected chi connectivity index (χ1v) is 15.7. The van der Waals surface area contributed by atoms with Gasteiger partial charge in [-0.3, -0.25) is 14.4 Å². The Balaban J connectivity index is 5.21. The number of aliphatic hydroxyl groups is 1. The van der Waals surface area contributed by atoms with E-state index >= 15 is 0 Å². The van der Waals surface area contributed by atoms with E-state index in [9.17, 15) is 29.4 Å². The summed E-state index contributed by atoms with van der Waals surface area (Å²) in [6.07, 6.45) is 16.0. The molecule has 0 aromatic carbocycles. The van der Waals surface area contributed by atoms with E-state index in [2.05, 4.69) is 20.8 Å². The van der Waals surface area contributed by atoms with Gasteiger partial charge in [0.15, 0.2) is 11.5 Å². The zero-order valence-corrected chi connectivity index (χ0v) is 25.4. The Morgan fingerprint density at radius 3 is 1.38 bits per heavy atom. The van der Waals surface area contributed by atoms with Gasteiger partial charge in [-0.05, 0) is 19.3 Å². The molecule has 0 bridgehead atoms. The lowest BCUT2D eigenvalue weighted by atomic mass is 9.84. The minimum atomic E-state index is -2.94. The molecule has 234 valence electrons. The van der Waals surface area contributed by atoms with Gasteiger partial charge in [-0.2, -0.15) is 0 Å². The lowest BCUT2D eigenvalue weighted by Gasteiger charge is -2.29. The van der Waals surface area contributed by atoms with E-state index in [0.717, 1.165) is 96.3 Å². The van der Waals surface area contributed by atoms with E-state index < -0.39 is 41.8 Å². The van der Waals surface area contributed by atoms with Crippen molar-refractivity contribution < 1.29 is 43.6 Å². The van der Waals surface area contributed by atoms with Gasteiger partial charge < -0.3 is 24.4 Å². The number of hydrogen-bond donors (Lipinski definition) is 2. The first-order valence-electron chi connectivity index (χ1n) is 15.7. The highest BCUT2D eigenvalue weighted by Gasteiger charge is 2.56. The molecule has 40 heavy (non-hydrogen) atoms. The summed E-state index contributed by atoms with van der Waals surface area (Å²) >= 11 is 0. The average molecular weight is 573 g/mol. The number of ether oxygens (including phenoxy) is 3. The number of aliphatic carboxylic acids is 1. The summed E-state index contributed by atoms with van der Waals surface area (Å²) in [5.41, 5.74) is -2.94. The van der Waals surface area contributed by atoms with Gasteiger partial charge in [-0.15, -0.1) is 0 Å². The minimum Gasteiger partial charge on any atom is -0.481 e. The normalized spacial score (nSPS) is 13.3. The van der Waals surface area contributed by atoms with Crippen molar-refractivity contribution in [3.05, 3.63) is 0 Å². The summed E-state index contributed by atoms with van der Waals surface area (Å²) in [5.74, 6) is -7.66. The summed E-state index contributed by atoms with van der Waals surface area (Å²) in [5, 5.41) is 21.1. The molecule has 0 saturated carbocycles. The quantitative estimate of drug-likeness (QED) is 0.0488. The van der Waals surface area contributed by atoms with Gasteiger partial charge in [0.2, 0.25) is 0 Å². The van der Waals surface area contributed by atoms with Crippen LogP contribution in [0.2, 0.25) is 0 Å². The molecule has 0 heterocycles. The third-order valence-electron chi connectivity index (χ3n) is 6.96. The minimum absolute atomic E-state index is 0.0416. The Morgan fingerprint density at radius 2 is 0.950 bits per heavy atom. The van der Waals surface area contributed by atoms with E-state index in [1.807, 2.05) is 0 Å². The fraction of sp³-hybridized carbons (Fsp3) is 0.871. The lowest BCUT2D eigenvalue weighted by Crippen LogP contribution is -2.55. The van der Waals surface area contributed by atoms with E-state index in [1.54, 1.807) is 0 Å². The highest BCUT2D eigenvalue weighted by atomic mass is 16.6. The van der Waals surface area contributed by atoms with Gasteiger partial charge in [0.05, 0.1) is 26.2 Å². The van der Waals surface area contributed by atoms with Crippen LogP contribution in [0.5, 0.6) is 0 Å². The molecule has 0 fully saturated rings. The molecule has 0 radical (unpaired) electrons. The predicted molar refractivity (Wildman–Crippen MR) is 154 cm³/mol. The van der Waals surface area contributed by atoms with Crippen LogP contribution < -0.4 is 0 Å². The van der Waals surface area contributed by atoms with Crippen molar-refractivity contribution >= 4 is 23.9 Å². The third kappa shape index (κ3) is 17.5. The Bertz CT molecular complexity index is 694. The van der Waals surface area contributed by atoms with E-state index in [4.69, 9.17) is 14.2 Å². The summed E-state index contributed by atoms with van der Waals surface area (Å²) in [6, 6.07) is 0. The maximum absolute atomic E-state index is 13.0. The van der Waals surface area contributed by atoms with Crippen molar-refractivity contribution in [1.82, 2.24) is 0 Å². The highest BCUT2D eigenvalue weighted by molar-refractivity contribution is 6.03. The van der Waals surface area contributed by atoms with Crippen LogP contribution in [0, 0.1) is 5.92 Å². The number of carbonyl (C=O) groups excluding carboxylic acids is 3. The molecular formula is C31H56O9.